The zero-order chi connectivity index (χ0) is 15.3. The molecule has 0 amide bonds. The van der Waals surface area contributed by atoms with E-state index in [0.717, 1.165) is 6.42 Å². The van der Waals surface area contributed by atoms with E-state index in [1.165, 1.54) is 0 Å². The minimum atomic E-state index is -3.71. The lowest BCUT2D eigenvalue weighted by molar-refractivity contribution is 0.560. The predicted molar refractivity (Wildman–Crippen MR) is 76.6 cm³/mol. The molecule has 1 aromatic rings. The molecule has 0 aliphatic carbocycles. The van der Waals surface area contributed by atoms with Crippen LogP contribution in [0.3, 0.4) is 0 Å². The van der Waals surface area contributed by atoms with Gasteiger partial charge in [-0.25, -0.2) is 8.42 Å². The molecule has 6 nitrogen and oxygen atoms in total. The van der Waals surface area contributed by atoms with Crippen LogP contribution < -0.4 is 4.72 Å². The van der Waals surface area contributed by atoms with E-state index >= 15 is 0 Å². The van der Waals surface area contributed by atoms with Gasteiger partial charge in [-0.3, -0.25) is 4.68 Å². The summed E-state index contributed by atoms with van der Waals surface area (Å²) >= 11 is 0. The van der Waals surface area contributed by atoms with Gasteiger partial charge in [0.1, 0.15) is 10.9 Å². The Balaban J connectivity index is 3.25. The molecule has 0 radical (unpaired) electrons. The summed E-state index contributed by atoms with van der Waals surface area (Å²) in [5.74, 6) is 0. The first kappa shape index (κ1) is 16.7. The number of nitrogens with zero attached hydrogens (tertiary/aromatic N) is 3. The number of nitrogens with one attached hydrogen (secondary N) is 1. The summed E-state index contributed by atoms with van der Waals surface area (Å²) in [4.78, 5) is 0.237. The Kier molecular flexibility index (Phi) is 5.72. The van der Waals surface area contributed by atoms with Crippen LogP contribution in [0.1, 0.15) is 45.0 Å². The third kappa shape index (κ3) is 3.38. The molecule has 0 aliphatic heterocycles. The second-order valence-corrected chi connectivity index (χ2v) is 6.30. The van der Waals surface area contributed by atoms with Crippen molar-refractivity contribution in [3.63, 3.8) is 0 Å². The molecule has 112 valence electrons. The zero-order valence-corrected chi connectivity index (χ0v) is 13.3. The maximum atomic E-state index is 12.5. The quantitative estimate of drug-likeness (QED) is 0.826. The lowest BCUT2D eigenvalue weighted by Gasteiger charge is -2.12. The fourth-order valence-electron chi connectivity index (χ4n) is 2.22. The fraction of sp³-hybridized carbons (Fsp3) is 0.692. The summed E-state index contributed by atoms with van der Waals surface area (Å²) in [6.45, 7) is 5.68. The predicted octanol–water partition coefficient (Wildman–Crippen LogP) is 1.52. The van der Waals surface area contributed by atoms with Gasteiger partial charge in [0.25, 0.3) is 0 Å². The molecule has 0 fully saturated rings. The first-order valence-electron chi connectivity index (χ1n) is 6.87. The van der Waals surface area contributed by atoms with Crippen LogP contribution in [0.25, 0.3) is 0 Å². The van der Waals surface area contributed by atoms with Gasteiger partial charge in [-0.2, -0.15) is 15.1 Å². The van der Waals surface area contributed by atoms with Gasteiger partial charge in [0.05, 0.1) is 17.5 Å². The molecule has 0 aliphatic rings. The topological polar surface area (TPSA) is 87.8 Å². The average molecular weight is 298 g/mol. The normalized spacial score (nSPS) is 13.2. The Morgan fingerprint density at radius 1 is 1.35 bits per heavy atom. The zero-order valence-electron chi connectivity index (χ0n) is 12.5. The van der Waals surface area contributed by atoms with Crippen molar-refractivity contribution < 1.29 is 8.42 Å². The number of hydrogen-bond acceptors (Lipinski definition) is 4. The molecule has 20 heavy (non-hydrogen) atoms. The second-order valence-electron chi connectivity index (χ2n) is 4.64. The molecule has 1 unspecified atom stereocenters. The van der Waals surface area contributed by atoms with Crippen molar-refractivity contribution in [2.24, 2.45) is 7.05 Å². The molecule has 0 bridgehead atoms. The van der Waals surface area contributed by atoms with Gasteiger partial charge in [-0.1, -0.05) is 27.2 Å². The number of aryl methyl sites for hydroxylation is 2. The number of sulfonamides is 1. The highest BCUT2D eigenvalue weighted by Crippen LogP contribution is 2.21. The number of rotatable bonds is 7. The fourth-order valence-corrected chi connectivity index (χ4v) is 3.96. The van der Waals surface area contributed by atoms with Crippen LogP contribution in [-0.2, 0) is 29.9 Å². The maximum Gasteiger partial charge on any atom is 0.245 e. The van der Waals surface area contributed by atoms with Gasteiger partial charge in [-0.15, -0.1) is 0 Å². The van der Waals surface area contributed by atoms with Crippen molar-refractivity contribution in [1.82, 2.24) is 14.5 Å². The van der Waals surface area contributed by atoms with Gasteiger partial charge in [0, 0.05) is 7.05 Å². The van der Waals surface area contributed by atoms with Crippen LogP contribution in [0.15, 0.2) is 4.90 Å². The van der Waals surface area contributed by atoms with E-state index in [-0.39, 0.29) is 4.90 Å². The van der Waals surface area contributed by atoms with Gasteiger partial charge >= 0.3 is 0 Å². The molecule has 1 rings (SSSR count). The van der Waals surface area contributed by atoms with Gasteiger partial charge in [0.15, 0.2) is 0 Å². The summed E-state index contributed by atoms with van der Waals surface area (Å²) in [6, 6.07) is 1.30. The smallest absolute Gasteiger partial charge is 0.245 e. The van der Waals surface area contributed by atoms with Gasteiger partial charge < -0.3 is 0 Å². The Morgan fingerprint density at radius 3 is 2.45 bits per heavy atom. The molecule has 0 saturated heterocycles. The summed E-state index contributed by atoms with van der Waals surface area (Å²) in [5.41, 5.74) is 1.22. The van der Waals surface area contributed by atoms with E-state index in [1.807, 2.05) is 26.8 Å². The van der Waals surface area contributed by atoms with Crippen molar-refractivity contribution >= 4 is 10.0 Å². The molecular formula is C13H22N4O2S. The lowest BCUT2D eigenvalue weighted by atomic mass is 10.2. The SMILES string of the molecule is CCCC(C#N)NS(=O)(=O)c1c(CC)nn(C)c1CC. The molecule has 7 heteroatoms. The highest BCUT2D eigenvalue weighted by Gasteiger charge is 2.28. The van der Waals surface area contributed by atoms with Crippen LogP contribution >= 0.6 is 0 Å². The Labute approximate surface area is 120 Å². The molecule has 1 aromatic heterocycles. The van der Waals surface area contributed by atoms with Gasteiger partial charge in [0.2, 0.25) is 10.0 Å². The van der Waals surface area contributed by atoms with Crippen LogP contribution in [0, 0.1) is 11.3 Å². The summed E-state index contributed by atoms with van der Waals surface area (Å²) in [7, 11) is -1.97. The minimum absolute atomic E-state index is 0.237. The van der Waals surface area contributed by atoms with Crippen molar-refractivity contribution in [2.45, 2.75) is 57.4 Å². The summed E-state index contributed by atoms with van der Waals surface area (Å²) < 4.78 is 29.2. The first-order chi connectivity index (χ1) is 9.41. The Hall–Kier alpha value is -1.39. The monoisotopic (exact) mass is 298 g/mol. The van der Waals surface area contributed by atoms with Crippen LogP contribution in [0.5, 0.6) is 0 Å². The third-order valence-corrected chi connectivity index (χ3v) is 4.76. The Bertz CT molecular complexity index is 599. The highest BCUT2D eigenvalue weighted by atomic mass is 32.2. The van der Waals surface area contributed by atoms with E-state index in [1.54, 1.807) is 11.7 Å². The number of hydrogen-bond donors (Lipinski definition) is 1. The van der Waals surface area contributed by atoms with Crippen molar-refractivity contribution in [1.29, 1.82) is 5.26 Å². The molecule has 0 saturated carbocycles. The average Bonchev–Trinajstić information content (AvgIpc) is 2.74. The number of nitriles is 1. The van der Waals surface area contributed by atoms with Crippen molar-refractivity contribution in [3.05, 3.63) is 11.4 Å². The first-order valence-corrected chi connectivity index (χ1v) is 8.36. The van der Waals surface area contributed by atoms with E-state index in [4.69, 9.17) is 5.26 Å². The summed E-state index contributed by atoms with van der Waals surface area (Å²) in [5, 5.41) is 13.3. The van der Waals surface area contributed by atoms with Gasteiger partial charge in [-0.05, 0) is 19.3 Å². The van der Waals surface area contributed by atoms with E-state index in [9.17, 15) is 8.42 Å². The van der Waals surface area contributed by atoms with E-state index in [2.05, 4.69) is 9.82 Å². The summed E-state index contributed by atoms with van der Waals surface area (Å²) in [6.07, 6.45) is 2.35. The third-order valence-electron chi connectivity index (χ3n) is 3.15. The number of aromatic nitrogens is 2. The standard InChI is InChI=1S/C13H22N4O2S/c1-5-8-10(9-14)16-20(18,19)13-11(6-2)15-17(4)12(13)7-3/h10,16H,5-8H2,1-4H3. The largest absolute Gasteiger partial charge is 0.271 e. The lowest BCUT2D eigenvalue weighted by Crippen LogP contribution is -2.34. The van der Waals surface area contributed by atoms with Crippen molar-refractivity contribution in [3.8, 4) is 6.07 Å². The maximum absolute atomic E-state index is 12.5. The van der Waals surface area contributed by atoms with Crippen molar-refractivity contribution in [2.75, 3.05) is 0 Å². The molecule has 1 heterocycles. The molecule has 1 N–H and O–H groups in total. The minimum Gasteiger partial charge on any atom is -0.271 e. The molecule has 0 aromatic carbocycles. The van der Waals surface area contributed by atoms with E-state index < -0.39 is 16.1 Å². The van der Waals surface area contributed by atoms with Crippen LogP contribution in [0.4, 0.5) is 0 Å². The Morgan fingerprint density at radius 2 is 2.00 bits per heavy atom. The molecule has 0 spiro atoms. The van der Waals surface area contributed by atoms with Crippen LogP contribution in [-0.4, -0.2) is 24.2 Å². The second kappa shape index (κ2) is 6.86. The van der Waals surface area contributed by atoms with Crippen LogP contribution in [0.2, 0.25) is 0 Å². The highest BCUT2D eigenvalue weighted by molar-refractivity contribution is 7.89. The van der Waals surface area contributed by atoms with E-state index in [0.29, 0.717) is 30.7 Å². The molecule has 1 atom stereocenters. The molecular weight excluding hydrogens is 276 g/mol.